The molecule has 0 bridgehead atoms. The summed E-state index contributed by atoms with van der Waals surface area (Å²) in [7, 11) is -1.27. The van der Waals surface area contributed by atoms with Crippen LogP contribution in [0.15, 0.2) is 0 Å². The molecule has 0 saturated carbocycles. The van der Waals surface area contributed by atoms with Gasteiger partial charge in [0.2, 0.25) is 0 Å². The van der Waals surface area contributed by atoms with Crippen molar-refractivity contribution >= 4 is 10.2 Å². The average molecular weight is 289 g/mol. The van der Waals surface area contributed by atoms with Crippen LogP contribution < -0.4 is 5.32 Å². The summed E-state index contributed by atoms with van der Waals surface area (Å²) >= 11 is 0. The Hall–Kier alpha value is -0.170. The summed E-state index contributed by atoms with van der Waals surface area (Å²) in [5.41, 5.74) is 0. The SMILES string of the molecule is CNC(C)C1CCCN(S(=O)(=O)N2CCCCC2)C1. The van der Waals surface area contributed by atoms with E-state index in [4.69, 9.17) is 0 Å². The predicted octanol–water partition coefficient (Wildman–Crippen LogP) is 1.04. The molecule has 0 radical (unpaired) electrons. The van der Waals surface area contributed by atoms with Crippen LogP contribution in [-0.2, 0) is 10.2 Å². The summed E-state index contributed by atoms with van der Waals surface area (Å²) in [5.74, 6) is 0.429. The fraction of sp³-hybridized carbons (Fsp3) is 1.00. The van der Waals surface area contributed by atoms with Gasteiger partial charge in [0.15, 0.2) is 0 Å². The standard InChI is InChI=1S/C13H27N3O2S/c1-12(14-2)13-7-6-10-16(11-13)19(17,18)15-8-4-3-5-9-15/h12-14H,3-11H2,1-2H3. The van der Waals surface area contributed by atoms with Crippen LogP contribution in [0.2, 0.25) is 0 Å². The molecule has 0 aromatic rings. The maximum atomic E-state index is 12.6. The van der Waals surface area contributed by atoms with Crippen molar-refractivity contribution in [2.75, 3.05) is 33.2 Å². The molecule has 2 heterocycles. The van der Waals surface area contributed by atoms with Crippen molar-refractivity contribution in [2.45, 2.75) is 45.1 Å². The van der Waals surface area contributed by atoms with Gasteiger partial charge in [-0.1, -0.05) is 6.42 Å². The maximum absolute atomic E-state index is 12.6. The number of nitrogens with one attached hydrogen (secondary N) is 1. The Labute approximate surface area is 117 Å². The number of rotatable bonds is 4. The van der Waals surface area contributed by atoms with E-state index < -0.39 is 10.2 Å². The minimum atomic E-state index is -3.22. The van der Waals surface area contributed by atoms with E-state index in [9.17, 15) is 8.42 Å². The van der Waals surface area contributed by atoms with Gasteiger partial charge in [-0.25, -0.2) is 0 Å². The Morgan fingerprint density at radius 1 is 1.05 bits per heavy atom. The highest BCUT2D eigenvalue weighted by Crippen LogP contribution is 2.25. The Kier molecular flexibility index (Phi) is 5.22. The van der Waals surface area contributed by atoms with Crippen LogP contribution in [0.3, 0.4) is 0 Å². The van der Waals surface area contributed by atoms with Crippen LogP contribution in [0.25, 0.3) is 0 Å². The van der Waals surface area contributed by atoms with Crippen molar-refractivity contribution in [3.8, 4) is 0 Å². The summed E-state index contributed by atoms with van der Waals surface area (Å²) < 4.78 is 28.6. The van der Waals surface area contributed by atoms with Gasteiger partial charge in [-0.05, 0) is 45.6 Å². The second-order valence-electron chi connectivity index (χ2n) is 5.81. The summed E-state index contributed by atoms with van der Waals surface area (Å²) in [5, 5.41) is 3.25. The van der Waals surface area contributed by atoms with Gasteiger partial charge >= 0.3 is 0 Å². The van der Waals surface area contributed by atoms with E-state index in [0.717, 1.165) is 32.1 Å². The molecule has 2 fully saturated rings. The largest absolute Gasteiger partial charge is 0.317 e. The van der Waals surface area contributed by atoms with E-state index >= 15 is 0 Å². The van der Waals surface area contributed by atoms with Crippen LogP contribution in [0.4, 0.5) is 0 Å². The van der Waals surface area contributed by atoms with Crippen molar-refractivity contribution in [1.29, 1.82) is 0 Å². The Bertz CT molecular complexity index is 379. The number of hydrogen-bond donors (Lipinski definition) is 1. The van der Waals surface area contributed by atoms with Crippen molar-refractivity contribution in [1.82, 2.24) is 13.9 Å². The van der Waals surface area contributed by atoms with Gasteiger partial charge in [0, 0.05) is 32.2 Å². The van der Waals surface area contributed by atoms with Gasteiger partial charge in [0.05, 0.1) is 0 Å². The molecule has 0 amide bonds. The first-order chi connectivity index (χ1) is 9.05. The molecule has 1 N–H and O–H groups in total. The minimum absolute atomic E-state index is 0.374. The normalized spacial score (nSPS) is 29.3. The van der Waals surface area contributed by atoms with Crippen LogP contribution in [0.5, 0.6) is 0 Å². The second kappa shape index (κ2) is 6.52. The van der Waals surface area contributed by atoms with E-state index in [1.807, 2.05) is 7.05 Å². The summed E-state index contributed by atoms with van der Waals surface area (Å²) in [4.78, 5) is 0. The second-order valence-corrected chi connectivity index (χ2v) is 7.73. The summed E-state index contributed by atoms with van der Waals surface area (Å²) in [6.07, 6.45) is 5.26. The van der Waals surface area contributed by atoms with Crippen molar-refractivity contribution in [3.05, 3.63) is 0 Å². The minimum Gasteiger partial charge on any atom is -0.317 e. The molecule has 2 aliphatic heterocycles. The van der Waals surface area contributed by atoms with Gasteiger partial charge in [0.1, 0.15) is 0 Å². The van der Waals surface area contributed by atoms with Crippen LogP contribution in [0.1, 0.15) is 39.0 Å². The van der Waals surface area contributed by atoms with Crippen molar-refractivity contribution < 1.29 is 8.42 Å². The third-order valence-corrected chi connectivity index (χ3v) is 6.55. The Balaban J connectivity index is 2.03. The lowest BCUT2D eigenvalue weighted by Gasteiger charge is -2.38. The maximum Gasteiger partial charge on any atom is 0.281 e. The topological polar surface area (TPSA) is 52.7 Å². The molecule has 2 aliphatic rings. The van der Waals surface area contributed by atoms with E-state index in [1.165, 1.54) is 0 Å². The lowest BCUT2D eigenvalue weighted by Crippen LogP contribution is -2.51. The van der Waals surface area contributed by atoms with Crippen LogP contribution >= 0.6 is 0 Å². The van der Waals surface area contributed by atoms with Crippen LogP contribution in [-0.4, -0.2) is 56.3 Å². The molecule has 0 aromatic carbocycles. The van der Waals surface area contributed by atoms with Gasteiger partial charge in [-0.2, -0.15) is 17.0 Å². The molecule has 2 saturated heterocycles. The number of nitrogens with zero attached hydrogens (tertiary/aromatic N) is 2. The fourth-order valence-electron chi connectivity index (χ4n) is 3.09. The highest BCUT2D eigenvalue weighted by Gasteiger charge is 2.35. The first-order valence-corrected chi connectivity index (χ1v) is 8.88. The third-order valence-electron chi connectivity index (χ3n) is 4.55. The van der Waals surface area contributed by atoms with Crippen LogP contribution in [0, 0.1) is 5.92 Å². The Morgan fingerprint density at radius 2 is 1.68 bits per heavy atom. The van der Waals surface area contributed by atoms with Gasteiger partial charge in [-0.3, -0.25) is 0 Å². The van der Waals surface area contributed by atoms with E-state index in [1.54, 1.807) is 8.61 Å². The molecule has 2 unspecified atom stereocenters. The lowest BCUT2D eigenvalue weighted by molar-refractivity contribution is 0.211. The quantitative estimate of drug-likeness (QED) is 0.841. The molecule has 6 heteroatoms. The third kappa shape index (κ3) is 3.48. The molecular weight excluding hydrogens is 262 g/mol. The zero-order valence-electron chi connectivity index (χ0n) is 12.1. The number of hydrogen-bond acceptors (Lipinski definition) is 3. The summed E-state index contributed by atoms with van der Waals surface area (Å²) in [6, 6.07) is 0.374. The lowest BCUT2D eigenvalue weighted by atomic mass is 9.93. The van der Waals surface area contributed by atoms with Crippen molar-refractivity contribution in [2.24, 2.45) is 5.92 Å². The van der Waals surface area contributed by atoms with Gasteiger partial charge in [0.25, 0.3) is 10.2 Å². The first-order valence-electron chi connectivity index (χ1n) is 7.48. The zero-order valence-corrected chi connectivity index (χ0v) is 13.0. The van der Waals surface area contributed by atoms with E-state index in [0.29, 0.717) is 38.1 Å². The average Bonchev–Trinajstić information content (AvgIpc) is 2.47. The highest BCUT2D eigenvalue weighted by molar-refractivity contribution is 7.86. The molecule has 0 spiro atoms. The van der Waals surface area contributed by atoms with Gasteiger partial charge in [-0.15, -0.1) is 0 Å². The molecule has 19 heavy (non-hydrogen) atoms. The molecule has 0 aliphatic carbocycles. The van der Waals surface area contributed by atoms with Crippen molar-refractivity contribution in [3.63, 3.8) is 0 Å². The molecule has 2 rings (SSSR count). The monoisotopic (exact) mass is 289 g/mol. The zero-order chi connectivity index (χ0) is 13.9. The van der Waals surface area contributed by atoms with E-state index in [2.05, 4.69) is 12.2 Å². The smallest absolute Gasteiger partial charge is 0.281 e. The fourth-order valence-corrected chi connectivity index (χ4v) is 4.87. The molecular formula is C13H27N3O2S. The Morgan fingerprint density at radius 3 is 2.32 bits per heavy atom. The highest BCUT2D eigenvalue weighted by atomic mass is 32.2. The van der Waals surface area contributed by atoms with E-state index in [-0.39, 0.29) is 0 Å². The molecule has 2 atom stereocenters. The molecule has 5 nitrogen and oxygen atoms in total. The first kappa shape index (κ1) is 15.2. The van der Waals surface area contributed by atoms with Gasteiger partial charge < -0.3 is 5.32 Å². The number of piperidine rings is 2. The molecule has 0 aromatic heterocycles. The predicted molar refractivity (Wildman–Crippen MR) is 77.2 cm³/mol. The summed E-state index contributed by atoms with van der Waals surface area (Å²) in [6.45, 7) is 4.89. The molecule has 112 valence electrons.